The van der Waals surface area contributed by atoms with Crippen molar-refractivity contribution in [1.82, 2.24) is 4.98 Å². The first-order valence-electron chi connectivity index (χ1n) is 7.75. The van der Waals surface area contributed by atoms with Gasteiger partial charge in [0.15, 0.2) is 0 Å². The number of rotatable bonds is 7. The van der Waals surface area contributed by atoms with Gasteiger partial charge in [-0.3, -0.25) is 14.5 Å². The van der Waals surface area contributed by atoms with Crippen molar-refractivity contribution in [3.8, 4) is 5.88 Å². The molecule has 0 spiro atoms. The van der Waals surface area contributed by atoms with E-state index in [2.05, 4.69) is 4.98 Å². The lowest BCUT2D eigenvalue weighted by Crippen LogP contribution is -2.35. The van der Waals surface area contributed by atoms with Crippen molar-refractivity contribution in [2.45, 2.75) is 13.8 Å². The fourth-order valence-corrected chi connectivity index (χ4v) is 2.29. The van der Waals surface area contributed by atoms with E-state index >= 15 is 0 Å². The largest absolute Gasteiger partial charge is 0.480 e. The monoisotopic (exact) mass is 362 g/mol. The lowest BCUT2D eigenvalue weighted by Gasteiger charge is -2.21. The second-order valence-electron chi connectivity index (χ2n) is 5.84. The number of aliphatic carboxylic acids is 1. The molecule has 0 fully saturated rings. The average Bonchev–Trinajstić information content (AvgIpc) is 2.58. The lowest BCUT2D eigenvalue weighted by atomic mass is 10.2. The number of hydrogen-bond acceptors (Lipinski definition) is 4. The third-order valence-corrected chi connectivity index (χ3v) is 3.48. The van der Waals surface area contributed by atoms with E-state index in [1.807, 2.05) is 13.8 Å². The number of hydrogen-bond donors (Lipinski definition) is 1. The van der Waals surface area contributed by atoms with Crippen LogP contribution in [0.15, 0.2) is 42.6 Å². The minimum Gasteiger partial charge on any atom is -0.480 e. The van der Waals surface area contributed by atoms with Gasteiger partial charge in [0.05, 0.1) is 12.2 Å². The molecule has 2 aromatic rings. The second-order valence-corrected chi connectivity index (χ2v) is 6.24. The fraction of sp³-hybridized carbons (Fsp3) is 0.278. The molecule has 0 atom stereocenters. The summed E-state index contributed by atoms with van der Waals surface area (Å²) in [6.45, 7) is 3.98. The maximum absolute atomic E-state index is 12.7. The van der Waals surface area contributed by atoms with Gasteiger partial charge < -0.3 is 9.84 Å². The molecule has 0 radical (unpaired) electrons. The smallest absolute Gasteiger partial charge is 0.323 e. The van der Waals surface area contributed by atoms with Crippen LogP contribution in [0.5, 0.6) is 5.88 Å². The number of carboxylic acids is 1. The number of pyridine rings is 1. The van der Waals surface area contributed by atoms with Crippen LogP contribution < -0.4 is 9.64 Å². The molecule has 132 valence electrons. The van der Waals surface area contributed by atoms with Gasteiger partial charge in [-0.05, 0) is 24.1 Å². The van der Waals surface area contributed by atoms with Crippen LogP contribution in [0.3, 0.4) is 0 Å². The highest BCUT2D eigenvalue weighted by molar-refractivity contribution is 6.32. The Morgan fingerprint density at radius 3 is 2.52 bits per heavy atom. The van der Waals surface area contributed by atoms with Gasteiger partial charge in [-0.2, -0.15) is 0 Å². The Balaban J connectivity index is 2.27. The zero-order chi connectivity index (χ0) is 18.4. The van der Waals surface area contributed by atoms with Crippen LogP contribution in [-0.2, 0) is 4.79 Å². The Morgan fingerprint density at radius 1 is 1.28 bits per heavy atom. The van der Waals surface area contributed by atoms with E-state index in [0.717, 1.165) is 4.90 Å². The van der Waals surface area contributed by atoms with E-state index in [9.17, 15) is 9.59 Å². The van der Waals surface area contributed by atoms with Crippen molar-refractivity contribution < 1.29 is 19.4 Å². The number of benzene rings is 1. The van der Waals surface area contributed by atoms with Crippen molar-refractivity contribution in [1.29, 1.82) is 0 Å². The molecule has 1 heterocycles. The number of carboxylic acid groups (broad SMARTS) is 1. The van der Waals surface area contributed by atoms with E-state index in [0.29, 0.717) is 18.2 Å². The summed E-state index contributed by atoms with van der Waals surface area (Å²) in [6.07, 6.45) is 1.33. The first-order valence-corrected chi connectivity index (χ1v) is 8.13. The number of aromatic nitrogens is 1. The van der Waals surface area contributed by atoms with Crippen LogP contribution in [0.25, 0.3) is 0 Å². The molecule has 0 saturated heterocycles. The average molecular weight is 363 g/mol. The Labute approximate surface area is 151 Å². The van der Waals surface area contributed by atoms with Crippen LogP contribution in [0.1, 0.15) is 24.2 Å². The number of carbonyl (C=O) groups is 2. The molecule has 0 aliphatic heterocycles. The molecule has 2 rings (SSSR count). The quantitative estimate of drug-likeness (QED) is 0.815. The number of nitrogens with zero attached hydrogens (tertiary/aromatic N) is 2. The number of anilines is 1. The SMILES string of the molecule is CC(C)COc1ncc(C(=O)N(CC(=O)O)c2ccccc2)cc1Cl. The second kappa shape index (κ2) is 8.48. The van der Waals surface area contributed by atoms with Crippen LogP contribution in [0, 0.1) is 5.92 Å². The Kier molecular flexibility index (Phi) is 6.36. The summed E-state index contributed by atoms with van der Waals surface area (Å²) in [4.78, 5) is 29.1. The first-order chi connectivity index (χ1) is 11.9. The van der Waals surface area contributed by atoms with Gasteiger partial charge in [-0.1, -0.05) is 43.6 Å². The van der Waals surface area contributed by atoms with E-state index < -0.39 is 18.4 Å². The minimum absolute atomic E-state index is 0.187. The number of halogens is 1. The van der Waals surface area contributed by atoms with Gasteiger partial charge >= 0.3 is 5.97 Å². The molecule has 0 bridgehead atoms. The number of ether oxygens (including phenoxy) is 1. The van der Waals surface area contributed by atoms with Gasteiger partial charge in [-0.15, -0.1) is 0 Å². The van der Waals surface area contributed by atoms with Crippen molar-refractivity contribution in [2.24, 2.45) is 5.92 Å². The van der Waals surface area contributed by atoms with Crippen molar-refractivity contribution in [3.05, 3.63) is 53.2 Å². The molecule has 0 unspecified atom stereocenters. The van der Waals surface area contributed by atoms with Gasteiger partial charge in [0.2, 0.25) is 5.88 Å². The molecule has 7 heteroatoms. The Morgan fingerprint density at radius 2 is 1.96 bits per heavy atom. The molecule has 0 aliphatic carbocycles. The highest BCUT2D eigenvalue weighted by atomic mass is 35.5. The van der Waals surface area contributed by atoms with E-state index in [-0.39, 0.29) is 16.5 Å². The minimum atomic E-state index is -1.12. The molecule has 1 N–H and O–H groups in total. The maximum atomic E-state index is 12.7. The van der Waals surface area contributed by atoms with Gasteiger partial charge in [0, 0.05) is 11.9 Å². The third-order valence-electron chi connectivity index (χ3n) is 3.21. The molecule has 1 amide bonds. The first kappa shape index (κ1) is 18.7. The topological polar surface area (TPSA) is 79.7 Å². The predicted molar refractivity (Wildman–Crippen MR) is 95.3 cm³/mol. The van der Waals surface area contributed by atoms with Crippen LogP contribution in [-0.4, -0.2) is 35.1 Å². The molecular formula is C18H19ClN2O4. The van der Waals surface area contributed by atoms with Gasteiger partial charge in [-0.25, -0.2) is 4.98 Å². The van der Waals surface area contributed by atoms with Crippen molar-refractivity contribution in [3.63, 3.8) is 0 Å². The molecule has 1 aromatic carbocycles. The maximum Gasteiger partial charge on any atom is 0.323 e. The summed E-state index contributed by atoms with van der Waals surface area (Å²) in [5, 5.41) is 9.31. The van der Waals surface area contributed by atoms with Crippen LogP contribution in [0.4, 0.5) is 5.69 Å². The Hall–Kier alpha value is -2.60. The molecule has 0 aliphatic rings. The molecule has 25 heavy (non-hydrogen) atoms. The predicted octanol–water partition coefficient (Wildman–Crippen LogP) is 3.50. The Bertz CT molecular complexity index is 750. The lowest BCUT2D eigenvalue weighted by molar-refractivity contribution is -0.135. The van der Waals surface area contributed by atoms with Gasteiger partial charge in [0.25, 0.3) is 5.91 Å². The van der Waals surface area contributed by atoms with E-state index in [1.165, 1.54) is 12.3 Å². The summed E-state index contributed by atoms with van der Waals surface area (Å²) in [5.41, 5.74) is 0.665. The molecule has 6 nitrogen and oxygen atoms in total. The summed E-state index contributed by atoms with van der Waals surface area (Å²) in [5.74, 6) is -1.06. The van der Waals surface area contributed by atoms with Crippen molar-refractivity contribution in [2.75, 3.05) is 18.1 Å². The fourth-order valence-electron chi connectivity index (χ4n) is 2.07. The summed E-state index contributed by atoms with van der Waals surface area (Å²) in [7, 11) is 0. The van der Waals surface area contributed by atoms with Crippen LogP contribution >= 0.6 is 11.6 Å². The standard InChI is InChI=1S/C18H19ClN2O4/c1-12(2)11-25-17-15(19)8-13(9-20-17)18(24)21(10-16(22)23)14-6-4-3-5-7-14/h3-9,12H,10-11H2,1-2H3,(H,22,23). The summed E-state index contributed by atoms with van der Waals surface area (Å²) < 4.78 is 5.48. The molecular weight excluding hydrogens is 344 g/mol. The number of carbonyl (C=O) groups excluding carboxylic acids is 1. The third kappa shape index (κ3) is 5.19. The molecule has 1 aromatic heterocycles. The summed E-state index contributed by atoms with van der Waals surface area (Å²) >= 11 is 6.14. The zero-order valence-electron chi connectivity index (χ0n) is 14.0. The van der Waals surface area contributed by atoms with Crippen molar-refractivity contribution >= 4 is 29.2 Å². The highest BCUT2D eigenvalue weighted by Crippen LogP contribution is 2.25. The zero-order valence-corrected chi connectivity index (χ0v) is 14.7. The van der Waals surface area contributed by atoms with Gasteiger partial charge in [0.1, 0.15) is 11.6 Å². The summed E-state index contributed by atoms with van der Waals surface area (Å²) in [6, 6.07) is 10.00. The number of para-hydroxylation sites is 1. The van der Waals surface area contributed by atoms with Crippen LogP contribution in [0.2, 0.25) is 5.02 Å². The van der Waals surface area contributed by atoms with E-state index in [4.69, 9.17) is 21.4 Å². The molecule has 0 saturated carbocycles. The number of amides is 1. The van der Waals surface area contributed by atoms with E-state index in [1.54, 1.807) is 30.3 Å². The normalized spacial score (nSPS) is 10.6. The highest BCUT2D eigenvalue weighted by Gasteiger charge is 2.22.